The van der Waals surface area contributed by atoms with Gasteiger partial charge in [-0.2, -0.15) is 0 Å². The van der Waals surface area contributed by atoms with Gasteiger partial charge in [0.2, 0.25) is 5.91 Å². The molecule has 182 valence electrons. The SMILES string of the molecule is CCOC(=O)CCNC(=O)c1cc(C)c(N2CC(Cc3ccc(F)cc3F)CCC2=O)c(C)c1. The molecule has 1 N–H and O–H groups in total. The summed E-state index contributed by atoms with van der Waals surface area (Å²) in [4.78, 5) is 38.5. The first-order valence-corrected chi connectivity index (χ1v) is 11.5. The number of rotatable bonds is 8. The lowest BCUT2D eigenvalue weighted by molar-refractivity contribution is -0.142. The molecule has 2 aromatic carbocycles. The van der Waals surface area contributed by atoms with E-state index in [4.69, 9.17) is 4.74 Å². The predicted octanol–water partition coefficient (Wildman–Crippen LogP) is 4.25. The lowest BCUT2D eigenvalue weighted by atomic mass is 9.89. The van der Waals surface area contributed by atoms with Gasteiger partial charge in [-0.05, 0) is 74.4 Å². The van der Waals surface area contributed by atoms with Crippen molar-refractivity contribution < 1.29 is 27.9 Å². The van der Waals surface area contributed by atoms with Gasteiger partial charge in [0.1, 0.15) is 11.6 Å². The number of hydrogen-bond acceptors (Lipinski definition) is 4. The molecule has 2 aromatic rings. The number of piperidine rings is 1. The maximum atomic E-state index is 14.1. The Labute approximate surface area is 198 Å². The largest absolute Gasteiger partial charge is 0.466 e. The van der Waals surface area contributed by atoms with Crippen molar-refractivity contribution in [2.45, 2.75) is 46.5 Å². The van der Waals surface area contributed by atoms with E-state index in [0.29, 0.717) is 43.5 Å². The van der Waals surface area contributed by atoms with Crippen LogP contribution >= 0.6 is 0 Å². The molecule has 1 saturated heterocycles. The molecule has 2 amide bonds. The average molecular weight is 473 g/mol. The third kappa shape index (κ3) is 6.18. The van der Waals surface area contributed by atoms with Gasteiger partial charge in [-0.15, -0.1) is 0 Å². The second-order valence-electron chi connectivity index (χ2n) is 8.62. The number of aryl methyl sites for hydroxylation is 2. The van der Waals surface area contributed by atoms with E-state index in [9.17, 15) is 23.2 Å². The molecule has 1 atom stereocenters. The Morgan fingerprint density at radius 1 is 1.15 bits per heavy atom. The number of ether oxygens (including phenoxy) is 1. The van der Waals surface area contributed by atoms with Crippen molar-refractivity contribution in [2.24, 2.45) is 5.92 Å². The zero-order valence-corrected chi connectivity index (χ0v) is 19.7. The van der Waals surface area contributed by atoms with Gasteiger partial charge in [-0.25, -0.2) is 8.78 Å². The van der Waals surface area contributed by atoms with Crippen LogP contribution in [0.4, 0.5) is 14.5 Å². The second kappa shape index (κ2) is 11.2. The molecule has 0 aromatic heterocycles. The van der Waals surface area contributed by atoms with Crippen molar-refractivity contribution in [3.05, 3.63) is 64.2 Å². The van der Waals surface area contributed by atoms with Crippen LogP contribution in [0.1, 0.15) is 53.2 Å². The molecular weight excluding hydrogens is 442 g/mol. The minimum absolute atomic E-state index is 0.0198. The summed E-state index contributed by atoms with van der Waals surface area (Å²) in [6.07, 6.45) is 1.47. The lowest BCUT2D eigenvalue weighted by Gasteiger charge is -2.35. The number of nitrogens with zero attached hydrogens (tertiary/aromatic N) is 1. The summed E-state index contributed by atoms with van der Waals surface area (Å²) < 4.78 is 32.2. The van der Waals surface area contributed by atoms with Crippen molar-refractivity contribution >= 4 is 23.5 Å². The Hall–Kier alpha value is -3.29. The van der Waals surface area contributed by atoms with Crippen molar-refractivity contribution in [1.82, 2.24) is 5.32 Å². The third-order valence-electron chi connectivity index (χ3n) is 5.98. The van der Waals surface area contributed by atoms with Crippen LogP contribution in [0, 0.1) is 31.4 Å². The molecule has 1 aliphatic heterocycles. The van der Waals surface area contributed by atoms with E-state index in [0.717, 1.165) is 22.9 Å². The summed E-state index contributed by atoms with van der Waals surface area (Å²) >= 11 is 0. The Morgan fingerprint density at radius 2 is 1.85 bits per heavy atom. The number of anilines is 1. The molecule has 0 spiro atoms. The maximum absolute atomic E-state index is 14.1. The van der Waals surface area contributed by atoms with Crippen LogP contribution in [0.25, 0.3) is 0 Å². The van der Waals surface area contributed by atoms with Crippen LogP contribution in [-0.4, -0.2) is 37.5 Å². The van der Waals surface area contributed by atoms with E-state index < -0.39 is 11.6 Å². The molecule has 6 nitrogen and oxygen atoms in total. The molecule has 1 aliphatic rings. The molecule has 3 rings (SSSR count). The molecule has 0 saturated carbocycles. The standard InChI is InChI=1S/C26H30F2N2O4/c1-4-34-24(32)9-10-29-26(33)20-11-16(2)25(17(3)12-20)30-15-18(5-8-23(30)31)13-19-6-7-21(27)14-22(19)28/h6-7,11-12,14,18H,4-5,8-10,13,15H2,1-3H3,(H,29,33). The maximum Gasteiger partial charge on any atom is 0.307 e. The van der Waals surface area contributed by atoms with E-state index in [1.54, 1.807) is 24.0 Å². The van der Waals surface area contributed by atoms with Crippen molar-refractivity contribution in [1.29, 1.82) is 0 Å². The highest BCUT2D eigenvalue weighted by atomic mass is 19.1. The molecule has 0 bridgehead atoms. The summed E-state index contributed by atoms with van der Waals surface area (Å²) in [7, 11) is 0. The molecule has 1 heterocycles. The van der Waals surface area contributed by atoms with Gasteiger partial charge in [0.15, 0.2) is 0 Å². The minimum atomic E-state index is -0.613. The average Bonchev–Trinajstić information content (AvgIpc) is 2.77. The Kier molecular flexibility index (Phi) is 8.36. The van der Waals surface area contributed by atoms with E-state index in [1.165, 1.54) is 12.1 Å². The number of benzene rings is 2. The quantitative estimate of drug-likeness (QED) is 0.583. The molecule has 0 aliphatic carbocycles. The first-order chi connectivity index (χ1) is 16.2. The monoisotopic (exact) mass is 472 g/mol. The van der Waals surface area contributed by atoms with Crippen LogP contribution in [-0.2, 0) is 20.7 Å². The van der Waals surface area contributed by atoms with Crippen LogP contribution < -0.4 is 10.2 Å². The highest BCUT2D eigenvalue weighted by molar-refractivity contribution is 5.99. The Bertz CT molecular complexity index is 1060. The number of halogens is 2. The second-order valence-corrected chi connectivity index (χ2v) is 8.62. The third-order valence-corrected chi connectivity index (χ3v) is 5.98. The normalized spacial score (nSPS) is 15.9. The highest BCUT2D eigenvalue weighted by Gasteiger charge is 2.29. The molecule has 1 unspecified atom stereocenters. The van der Waals surface area contributed by atoms with Gasteiger partial charge >= 0.3 is 5.97 Å². The fourth-order valence-electron chi connectivity index (χ4n) is 4.42. The number of esters is 1. The predicted molar refractivity (Wildman–Crippen MR) is 125 cm³/mol. The Morgan fingerprint density at radius 3 is 2.50 bits per heavy atom. The summed E-state index contributed by atoms with van der Waals surface area (Å²) in [6.45, 7) is 6.29. The van der Waals surface area contributed by atoms with Gasteiger partial charge in [-0.3, -0.25) is 14.4 Å². The van der Waals surface area contributed by atoms with E-state index in [2.05, 4.69) is 5.32 Å². The smallest absolute Gasteiger partial charge is 0.307 e. The van der Waals surface area contributed by atoms with Gasteiger partial charge in [-0.1, -0.05) is 6.07 Å². The Balaban J connectivity index is 1.71. The van der Waals surface area contributed by atoms with Crippen molar-refractivity contribution in [2.75, 3.05) is 24.6 Å². The first-order valence-electron chi connectivity index (χ1n) is 11.5. The fraction of sp³-hybridized carbons (Fsp3) is 0.423. The van der Waals surface area contributed by atoms with E-state index in [1.807, 2.05) is 13.8 Å². The van der Waals surface area contributed by atoms with Gasteiger partial charge in [0.05, 0.1) is 13.0 Å². The van der Waals surface area contributed by atoms with E-state index in [-0.39, 0.29) is 36.7 Å². The zero-order chi connectivity index (χ0) is 24.8. The molecular formula is C26H30F2N2O4. The lowest BCUT2D eigenvalue weighted by Crippen LogP contribution is -2.41. The van der Waals surface area contributed by atoms with Crippen LogP contribution in [0.5, 0.6) is 0 Å². The first kappa shape index (κ1) is 25.3. The van der Waals surface area contributed by atoms with Gasteiger partial charge in [0, 0.05) is 36.8 Å². The van der Waals surface area contributed by atoms with E-state index >= 15 is 0 Å². The molecule has 34 heavy (non-hydrogen) atoms. The number of nitrogens with one attached hydrogen (secondary N) is 1. The van der Waals surface area contributed by atoms with Crippen LogP contribution in [0.15, 0.2) is 30.3 Å². The van der Waals surface area contributed by atoms with Crippen molar-refractivity contribution in [3.63, 3.8) is 0 Å². The molecule has 1 fully saturated rings. The van der Waals surface area contributed by atoms with Crippen molar-refractivity contribution in [3.8, 4) is 0 Å². The summed E-state index contributed by atoms with van der Waals surface area (Å²) in [5.41, 5.74) is 3.17. The highest BCUT2D eigenvalue weighted by Crippen LogP contribution is 2.32. The molecule has 0 radical (unpaired) electrons. The number of hydrogen-bond donors (Lipinski definition) is 1. The fourth-order valence-corrected chi connectivity index (χ4v) is 4.42. The minimum Gasteiger partial charge on any atom is -0.466 e. The zero-order valence-electron chi connectivity index (χ0n) is 19.7. The van der Waals surface area contributed by atoms with Gasteiger partial charge in [0.25, 0.3) is 5.91 Å². The summed E-state index contributed by atoms with van der Waals surface area (Å²) in [6, 6.07) is 7.02. The number of carbonyl (C=O) groups excluding carboxylic acids is 3. The van der Waals surface area contributed by atoms with Crippen LogP contribution in [0.3, 0.4) is 0 Å². The summed E-state index contributed by atoms with van der Waals surface area (Å²) in [5, 5.41) is 2.71. The van der Waals surface area contributed by atoms with Gasteiger partial charge < -0.3 is 15.0 Å². The topological polar surface area (TPSA) is 75.7 Å². The molecule has 8 heteroatoms. The van der Waals surface area contributed by atoms with Crippen LogP contribution in [0.2, 0.25) is 0 Å². The number of amides is 2. The summed E-state index contributed by atoms with van der Waals surface area (Å²) in [5.74, 6) is -1.86. The number of carbonyl (C=O) groups is 3.